The minimum atomic E-state index is -1.30. The molecule has 6 nitrogen and oxygen atoms in total. The first-order chi connectivity index (χ1) is 13.9. The van der Waals surface area contributed by atoms with E-state index >= 15 is 0 Å². The second-order valence-corrected chi connectivity index (χ2v) is 6.38. The van der Waals surface area contributed by atoms with Gasteiger partial charge < -0.3 is 14.3 Å². The van der Waals surface area contributed by atoms with Crippen molar-refractivity contribution >= 4 is 29.4 Å². The molecule has 0 saturated heterocycles. The molecule has 3 aromatic rings. The molecule has 1 aliphatic heterocycles. The summed E-state index contributed by atoms with van der Waals surface area (Å²) >= 11 is 0. The molecule has 144 valence electrons. The van der Waals surface area contributed by atoms with E-state index in [9.17, 15) is 19.1 Å². The van der Waals surface area contributed by atoms with Crippen LogP contribution in [0.1, 0.15) is 23.0 Å². The molecule has 0 radical (unpaired) electrons. The number of rotatable bonds is 4. The summed E-state index contributed by atoms with van der Waals surface area (Å²) in [7, 11) is 0. The molecule has 0 aliphatic carbocycles. The van der Waals surface area contributed by atoms with Gasteiger partial charge in [-0.3, -0.25) is 4.79 Å². The van der Waals surface area contributed by atoms with E-state index in [1.165, 1.54) is 35.3 Å². The summed E-state index contributed by atoms with van der Waals surface area (Å²) in [6, 6.07) is 15.2. The van der Waals surface area contributed by atoms with Gasteiger partial charge in [0.15, 0.2) is 0 Å². The van der Waals surface area contributed by atoms with E-state index in [-0.39, 0.29) is 11.5 Å². The number of furan rings is 1. The highest BCUT2D eigenvalue weighted by Gasteiger charge is 2.29. The Balaban J connectivity index is 1.61. The summed E-state index contributed by atoms with van der Waals surface area (Å²) in [5.74, 6) is -1.34. The monoisotopic (exact) mass is 389 g/mol. The van der Waals surface area contributed by atoms with Gasteiger partial charge in [-0.15, -0.1) is 0 Å². The van der Waals surface area contributed by atoms with E-state index in [2.05, 4.69) is 5.10 Å². The van der Waals surface area contributed by atoms with Gasteiger partial charge in [-0.2, -0.15) is 10.1 Å². The van der Waals surface area contributed by atoms with Gasteiger partial charge in [-0.1, -0.05) is 24.3 Å². The van der Waals surface area contributed by atoms with Crippen LogP contribution in [-0.2, 0) is 4.79 Å². The Morgan fingerprint density at radius 3 is 2.52 bits per heavy atom. The van der Waals surface area contributed by atoms with Crippen LogP contribution in [-0.4, -0.2) is 17.6 Å². The molecule has 0 N–H and O–H groups in total. The van der Waals surface area contributed by atoms with E-state index in [1.807, 2.05) is 0 Å². The van der Waals surface area contributed by atoms with E-state index in [0.717, 1.165) is 0 Å². The van der Waals surface area contributed by atoms with Crippen LogP contribution in [0.15, 0.2) is 75.8 Å². The third-order valence-corrected chi connectivity index (χ3v) is 4.46. The lowest BCUT2D eigenvalue weighted by Gasteiger charge is -2.12. The molecule has 0 unspecified atom stereocenters. The fraction of sp³-hybridized carbons (Fsp3) is 0.0455. The summed E-state index contributed by atoms with van der Waals surface area (Å²) in [5.41, 5.74) is 1.56. The molecule has 1 amide bonds. The number of halogens is 1. The van der Waals surface area contributed by atoms with Crippen molar-refractivity contribution < 1.29 is 23.5 Å². The number of nitrogens with zero attached hydrogens (tertiary/aromatic N) is 2. The molecule has 1 aromatic heterocycles. The Labute approximate surface area is 165 Å². The van der Waals surface area contributed by atoms with Crippen molar-refractivity contribution in [2.45, 2.75) is 6.92 Å². The van der Waals surface area contributed by atoms with E-state index in [4.69, 9.17) is 4.42 Å². The first-order valence-corrected chi connectivity index (χ1v) is 8.72. The number of hydrogen-bond acceptors (Lipinski definition) is 5. The van der Waals surface area contributed by atoms with Gasteiger partial charge in [-0.25, -0.2) is 4.39 Å². The minimum Gasteiger partial charge on any atom is -0.545 e. The lowest BCUT2D eigenvalue weighted by Crippen LogP contribution is -2.23. The predicted octanol–water partition coefficient (Wildman–Crippen LogP) is 3.26. The maximum Gasteiger partial charge on any atom is 0.280 e. The Morgan fingerprint density at radius 2 is 1.83 bits per heavy atom. The number of aromatic carboxylic acids is 1. The first-order valence-electron chi connectivity index (χ1n) is 8.72. The van der Waals surface area contributed by atoms with Gasteiger partial charge in [-0.05, 0) is 55.0 Å². The Kier molecular flexibility index (Phi) is 4.56. The summed E-state index contributed by atoms with van der Waals surface area (Å²) < 4.78 is 19.6. The van der Waals surface area contributed by atoms with Gasteiger partial charge in [0, 0.05) is 0 Å². The van der Waals surface area contributed by atoms with E-state index in [0.29, 0.717) is 34.1 Å². The molecule has 7 heteroatoms. The van der Waals surface area contributed by atoms with E-state index < -0.39 is 11.8 Å². The normalized spacial score (nSPS) is 15.1. The number of carboxylic acids is 1. The van der Waals surface area contributed by atoms with Crippen molar-refractivity contribution in [2.24, 2.45) is 5.10 Å². The van der Waals surface area contributed by atoms with Gasteiger partial charge in [0.1, 0.15) is 17.3 Å². The topological polar surface area (TPSA) is 85.9 Å². The maximum absolute atomic E-state index is 13.9. The SMILES string of the molecule is CC1=NN(c2ccc(C(=O)[O-])cc2)C(=O)/C1=C/c1ccc(-c2ccccc2F)o1. The molecule has 0 saturated carbocycles. The second-order valence-electron chi connectivity index (χ2n) is 6.38. The molecule has 0 fully saturated rings. The molecule has 29 heavy (non-hydrogen) atoms. The standard InChI is InChI=1S/C22H15FN2O4/c1-13-18(12-16-10-11-20(29-16)17-4-2-3-5-19(17)23)21(26)25(24-13)15-8-6-14(7-9-15)22(27)28/h2-12H,1H3,(H,27,28)/p-1/b18-12+. The zero-order valence-corrected chi connectivity index (χ0v) is 15.3. The zero-order valence-electron chi connectivity index (χ0n) is 15.3. The van der Waals surface area contributed by atoms with Gasteiger partial charge >= 0.3 is 0 Å². The Morgan fingerprint density at radius 1 is 1.10 bits per heavy atom. The van der Waals surface area contributed by atoms with Crippen molar-refractivity contribution in [3.05, 3.63) is 83.4 Å². The van der Waals surface area contributed by atoms with Crippen LogP contribution < -0.4 is 10.1 Å². The number of benzene rings is 2. The number of hydrazone groups is 1. The van der Waals surface area contributed by atoms with Gasteiger partial charge in [0.2, 0.25) is 0 Å². The van der Waals surface area contributed by atoms with Crippen LogP contribution in [0.3, 0.4) is 0 Å². The Hall–Kier alpha value is -4.00. The summed E-state index contributed by atoms with van der Waals surface area (Å²) in [5, 5.41) is 16.3. The summed E-state index contributed by atoms with van der Waals surface area (Å²) in [6.07, 6.45) is 1.54. The van der Waals surface area contributed by atoms with Crippen LogP contribution in [0, 0.1) is 5.82 Å². The van der Waals surface area contributed by atoms with E-state index in [1.54, 1.807) is 43.3 Å². The van der Waals surface area contributed by atoms with Crippen molar-refractivity contribution in [1.82, 2.24) is 0 Å². The lowest BCUT2D eigenvalue weighted by atomic mass is 10.1. The third kappa shape index (κ3) is 3.45. The van der Waals surface area contributed by atoms with Crippen molar-refractivity contribution in [3.8, 4) is 11.3 Å². The fourth-order valence-electron chi connectivity index (χ4n) is 2.98. The van der Waals surface area contributed by atoms with Crippen molar-refractivity contribution in [3.63, 3.8) is 0 Å². The Bertz CT molecular complexity index is 1180. The number of amides is 1. The van der Waals surface area contributed by atoms with Crippen LogP contribution in [0.5, 0.6) is 0 Å². The van der Waals surface area contributed by atoms with Crippen molar-refractivity contribution in [2.75, 3.05) is 5.01 Å². The number of carbonyl (C=O) groups excluding carboxylic acids is 2. The molecule has 0 bridgehead atoms. The fourth-order valence-corrected chi connectivity index (χ4v) is 2.98. The van der Waals surface area contributed by atoms with Crippen molar-refractivity contribution in [1.29, 1.82) is 0 Å². The zero-order chi connectivity index (χ0) is 20.5. The van der Waals surface area contributed by atoms with Crippen LogP contribution in [0.25, 0.3) is 17.4 Å². The highest BCUT2D eigenvalue weighted by Crippen LogP contribution is 2.28. The van der Waals surface area contributed by atoms with Crippen LogP contribution in [0.2, 0.25) is 0 Å². The molecule has 0 atom stereocenters. The molecule has 2 heterocycles. The van der Waals surface area contributed by atoms with Gasteiger partial charge in [0.25, 0.3) is 5.91 Å². The minimum absolute atomic E-state index is 0.00752. The predicted molar refractivity (Wildman–Crippen MR) is 103 cm³/mol. The number of hydrogen-bond donors (Lipinski definition) is 0. The number of carboxylic acid groups (broad SMARTS) is 1. The number of anilines is 1. The highest BCUT2D eigenvalue weighted by molar-refractivity contribution is 6.32. The summed E-state index contributed by atoms with van der Waals surface area (Å²) in [4.78, 5) is 23.7. The average molecular weight is 389 g/mol. The van der Waals surface area contributed by atoms with Gasteiger partial charge in [0.05, 0.1) is 28.5 Å². The first kappa shape index (κ1) is 18.4. The summed E-state index contributed by atoms with van der Waals surface area (Å²) in [6.45, 7) is 1.68. The van der Waals surface area contributed by atoms with Crippen LogP contribution >= 0.6 is 0 Å². The lowest BCUT2D eigenvalue weighted by molar-refractivity contribution is -0.255. The average Bonchev–Trinajstić information content (AvgIpc) is 3.28. The molecular formula is C22H14FN2O4-. The largest absolute Gasteiger partial charge is 0.545 e. The maximum atomic E-state index is 13.9. The third-order valence-electron chi connectivity index (χ3n) is 4.46. The molecular weight excluding hydrogens is 375 g/mol. The molecule has 4 rings (SSSR count). The smallest absolute Gasteiger partial charge is 0.280 e. The quantitative estimate of drug-likeness (QED) is 0.641. The van der Waals surface area contributed by atoms with Crippen LogP contribution in [0.4, 0.5) is 10.1 Å². The molecule has 0 spiro atoms. The number of carbonyl (C=O) groups is 2. The molecule has 1 aliphatic rings. The highest BCUT2D eigenvalue weighted by atomic mass is 19.1. The molecule has 2 aromatic carbocycles. The second kappa shape index (κ2) is 7.20.